The van der Waals surface area contributed by atoms with E-state index >= 15 is 0 Å². The van der Waals surface area contributed by atoms with Gasteiger partial charge < -0.3 is 14.4 Å². The Balaban J connectivity index is 1.91. The Labute approximate surface area is 138 Å². The number of amides is 1. The molecule has 1 aromatic heterocycles. The Morgan fingerprint density at radius 1 is 1.12 bits per heavy atom. The first-order valence-electron chi connectivity index (χ1n) is 7.92. The Morgan fingerprint density at radius 2 is 1.88 bits per heavy atom. The topological polar surface area (TPSA) is 51.7 Å². The number of ether oxygens (including phenoxy) is 2. The summed E-state index contributed by atoms with van der Waals surface area (Å²) >= 11 is 0. The van der Waals surface area contributed by atoms with Crippen LogP contribution >= 0.6 is 0 Å². The van der Waals surface area contributed by atoms with Crippen molar-refractivity contribution in [2.24, 2.45) is 0 Å². The van der Waals surface area contributed by atoms with Crippen molar-refractivity contribution in [3.8, 4) is 11.5 Å². The van der Waals surface area contributed by atoms with Gasteiger partial charge in [0.1, 0.15) is 0 Å². The molecular formula is C19H16N2O3. The normalized spacial score (nSPS) is 17.8. The number of hydrogen-bond acceptors (Lipinski definition) is 4. The lowest BCUT2D eigenvalue weighted by atomic mass is 9.83. The van der Waals surface area contributed by atoms with E-state index in [9.17, 15) is 4.79 Å². The number of aromatic nitrogens is 1. The van der Waals surface area contributed by atoms with E-state index in [2.05, 4.69) is 17.1 Å². The van der Waals surface area contributed by atoms with E-state index in [4.69, 9.17) is 9.47 Å². The van der Waals surface area contributed by atoms with Crippen LogP contribution in [0.2, 0.25) is 0 Å². The van der Waals surface area contributed by atoms with E-state index in [1.54, 1.807) is 11.1 Å². The largest absolute Gasteiger partial charge is 0.454 e. The predicted molar refractivity (Wildman–Crippen MR) is 91.8 cm³/mol. The first kappa shape index (κ1) is 13.6. The summed E-state index contributed by atoms with van der Waals surface area (Å²) in [6, 6.07) is 8.07. The third-order valence-electron chi connectivity index (χ3n) is 5.15. The molecule has 5 heteroatoms. The van der Waals surface area contributed by atoms with Gasteiger partial charge in [-0.1, -0.05) is 12.1 Å². The van der Waals surface area contributed by atoms with Gasteiger partial charge in [0.2, 0.25) is 12.7 Å². The van der Waals surface area contributed by atoms with Crippen molar-refractivity contribution >= 4 is 33.3 Å². The van der Waals surface area contributed by atoms with Gasteiger partial charge in [0.05, 0.1) is 22.8 Å². The highest BCUT2D eigenvalue weighted by Crippen LogP contribution is 2.46. The van der Waals surface area contributed by atoms with Crippen LogP contribution in [-0.2, 0) is 10.2 Å². The Kier molecular flexibility index (Phi) is 2.37. The molecule has 0 unspecified atom stereocenters. The molecule has 24 heavy (non-hydrogen) atoms. The van der Waals surface area contributed by atoms with Gasteiger partial charge in [-0.2, -0.15) is 0 Å². The van der Waals surface area contributed by atoms with Gasteiger partial charge in [0.15, 0.2) is 11.5 Å². The molecular weight excluding hydrogens is 304 g/mol. The Hall–Kier alpha value is -2.82. The smallest absolute Gasteiger partial charge is 0.236 e. The van der Waals surface area contributed by atoms with E-state index in [-0.39, 0.29) is 12.7 Å². The second-order valence-corrected chi connectivity index (χ2v) is 6.90. The third-order valence-corrected chi connectivity index (χ3v) is 5.15. The zero-order valence-corrected chi connectivity index (χ0v) is 13.7. The summed E-state index contributed by atoms with van der Waals surface area (Å²) in [4.78, 5) is 19.0. The highest BCUT2D eigenvalue weighted by Gasteiger charge is 2.43. The van der Waals surface area contributed by atoms with Crippen LogP contribution in [0.1, 0.15) is 19.4 Å². The molecule has 0 saturated carbocycles. The number of nitrogens with zero attached hydrogens (tertiary/aromatic N) is 2. The molecule has 5 nitrogen and oxygen atoms in total. The van der Waals surface area contributed by atoms with Crippen LogP contribution in [0.4, 0.5) is 5.69 Å². The summed E-state index contributed by atoms with van der Waals surface area (Å²) in [5.41, 5.74) is 2.26. The first-order chi connectivity index (χ1) is 11.5. The van der Waals surface area contributed by atoms with Crippen molar-refractivity contribution in [1.82, 2.24) is 4.98 Å². The van der Waals surface area contributed by atoms with Crippen molar-refractivity contribution in [2.75, 3.05) is 18.7 Å². The van der Waals surface area contributed by atoms with Gasteiger partial charge in [-0.05, 0) is 31.4 Å². The van der Waals surface area contributed by atoms with E-state index < -0.39 is 5.41 Å². The zero-order chi connectivity index (χ0) is 16.6. The van der Waals surface area contributed by atoms with Crippen LogP contribution in [-0.4, -0.2) is 24.7 Å². The van der Waals surface area contributed by atoms with Crippen LogP contribution in [0.25, 0.3) is 21.7 Å². The molecule has 0 radical (unpaired) electrons. The first-order valence-corrected chi connectivity index (χ1v) is 7.92. The van der Waals surface area contributed by atoms with E-state index in [1.807, 2.05) is 33.0 Å². The number of carbonyl (C=O) groups is 1. The van der Waals surface area contributed by atoms with Crippen LogP contribution in [0.5, 0.6) is 11.5 Å². The fraction of sp³-hybridized carbons (Fsp3) is 0.263. The number of rotatable bonds is 0. The van der Waals surface area contributed by atoms with Gasteiger partial charge in [-0.15, -0.1) is 0 Å². The van der Waals surface area contributed by atoms with Crippen LogP contribution in [0.15, 0.2) is 30.5 Å². The fourth-order valence-corrected chi connectivity index (χ4v) is 3.91. The summed E-state index contributed by atoms with van der Waals surface area (Å²) in [5.74, 6) is 1.60. The second kappa shape index (κ2) is 4.17. The molecule has 2 aliphatic rings. The molecule has 0 spiro atoms. The number of hydrogen-bond donors (Lipinski definition) is 0. The molecule has 3 aromatic rings. The van der Waals surface area contributed by atoms with Gasteiger partial charge >= 0.3 is 0 Å². The minimum atomic E-state index is -0.560. The quantitative estimate of drug-likeness (QED) is 0.596. The maximum Gasteiger partial charge on any atom is 0.236 e. The highest BCUT2D eigenvalue weighted by molar-refractivity contribution is 6.15. The minimum absolute atomic E-state index is 0.0950. The van der Waals surface area contributed by atoms with Crippen molar-refractivity contribution < 1.29 is 14.3 Å². The lowest BCUT2D eigenvalue weighted by Crippen LogP contribution is -2.33. The average molecular weight is 320 g/mol. The molecule has 5 rings (SSSR count). The SMILES string of the molecule is CN1C(=O)C(C)(C)c2c1cnc1c2ccc2cc3c(cc21)OCO3. The van der Waals surface area contributed by atoms with Crippen molar-refractivity contribution in [3.63, 3.8) is 0 Å². The van der Waals surface area contributed by atoms with Crippen molar-refractivity contribution in [2.45, 2.75) is 19.3 Å². The van der Waals surface area contributed by atoms with Crippen LogP contribution in [0, 0.1) is 0 Å². The van der Waals surface area contributed by atoms with E-state index in [1.165, 1.54) is 0 Å². The molecule has 2 aromatic carbocycles. The molecule has 3 heterocycles. The number of likely N-dealkylation sites (N-methyl/N-ethyl adjacent to an activating group) is 1. The third kappa shape index (κ3) is 1.49. The molecule has 0 atom stereocenters. The second-order valence-electron chi connectivity index (χ2n) is 6.90. The maximum absolute atomic E-state index is 12.6. The van der Waals surface area contributed by atoms with Gasteiger partial charge in [0.25, 0.3) is 0 Å². The number of pyridine rings is 1. The summed E-state index contributed by atoms with van der Waals surface area (Å²) in [6.07, 6.45) is 1.80. The molecule has 1 amide bonds. The van der Waals surface area contributed by atoms with Gasteiger partial charge in [0, 0.05) is 23.4 Å². The van der Waals surface area contributed by atoms with E-state index in [0.29, 0.717) is 0 Å². The average Bonchev–Trinajstić information content (AvgIpc) is 3.10. The number of carbonyl (C=O) groups excluding carboxylic acids is 1. The van der Waals surface area contributed by atoms with Crippen LogP contribution in [0.3, 0.4) is 0 Å². The highest BCUT2D eigenvalue weighted by atomic mass is 16.7. The molecule has 120 valence electrons. The number of benzene rings is 2. The Bertz CT molecular complexity index is 1060. The van der Waals surface area contributed by atoms with Crippen molar-refractivity contribution in [3.05, 3.63) is 36.0 Å². The predicted octanol–water partition coefficient (Wildman–Crippen LogP) is 3.37. The van der Waals surface area contributed by atoms with Gasteiger partial charge in [-0.3, -0.25) is 9.78 Å². The summed E-state index contributed by atoms with van der Waals surface area (Å²) < 4.78 is 11.0. The van der Waals surface area contributed by atoms with Crippen molar-refractivity contribution in [1.29, 1.82) is 0 Å². The molecule has 0 fully saturated rings. The summed E-state index contributed by atoms with van der Waals surface area (Å²) in [6.45, 7) is 4.20. The lowest BCUT2D eigenvalue weighted by molar-refractivity contribution is -0.121. The Morgan fingerprint density at radius 3 is 2.67 bits per heavy atom. The molecule has 2 aliphatic heterocycles. The van der Waals surface area contributed by atoms with Gasteiger partial charge in [-0.25, -0.2) is 0 Å². The summed E-state index contributed by atoms with van der Waals surface area (Å²) in [7, 11) is 1.81. The molecule has 0 saturated heterocycles. The summed E-state index contributed by atoms with van der Waals surface area (Å²) in [5, 5.41) is 3.08. The fourth-order valence-electron chi connectivity index (χ4n) is 3.91. The van der Waals surface area contributed by atoms with E-state index in [0.717, 1.165) is 44.4 Å². The standard InChI is InChI=1S/C19H16N2O3/c1-19(2)16-11-5-4-10-6-14-15(24-9-23-14)7-12(10)17(11)20-8-13(16)21(3)18(19)22/h4-8H,9H2,1-3H3. The monoisotopic (exact) mass is 320 g/mol. The number of anilines is 1. The minimum Gasteiger partial charge on any atom is -0.454 e. The molecule has 0 N–H and O–H groups in total. The van der Waals surface area contributed by atoms with Crippen LogP contribution < -0.4 is 14.4 Å². The lowest BCUT2D eigenvalue weighted by Gasteiger charge is -2.18. The number of fused-ring (bicyclic) bond motifs is 6. The molecule has 0 bridgehead atoms. The zero-order valence-electron chi connectivity index (χ0n) is 13.7. The maximum atomic E-state index is 12.6. The molecule has 0 aliphatic carbocycles.